The minimum Gasteiger partial charge on any atom is -0.366 e. The Bertz CT molecular complexity index is 875. The zero-order chi connectivity index (χ0) is 15.5. The smallest absolute Gasteiger partial charge is 0.250 e. The zero-order valence-corrected chi connectivity index (χ0v) is 11.6. The highest BCUT2D eigenvalue weighted by atomic mass is 16.1. The zero-order valence-electron chi connectivity index (χ0n) is 11.6. The molecular formula is C17H12N4O. The van der Waals surface area contributed by atoms with Gasteiger partial charge < -0.3 is 10.7 Å². The first kappa shape index (κ1) is 13.6. The van der Waals surface area contributed by atoms with Crippen LogP contribution < -0.4 is 5.73 Å². The number of amides is 1. The van der Waals surface area contributed by atoms with Crippen LogP contribution >= 0.6 is 0 Å². The lowest BCUT2D eigenvalue weighted by atomic mass is 10.1. The van der Waals surface area contributed by atoms with Crippen LogP contribution in [0.25, 0.3) is 22.5 Å². The number of H-pyrrole nitrogens is 1. The number of aromatic amines is 1. The molecule has 0 atom stereocenters. The van der Waals surface area contributed by atoms with Crippen molar-refractivity contribution in [2.24, 2.45) is 5.73 Å². The van der Waals surface area contributed by atoms with E-state index in [-0.39, 0.29) is 0 Å². The number of nitrogens with one attached hydrogen (secondary N) is 1. The van der Waals surface area contributed by atoms with Crippen molar-refractivity contribution in [3.63, 3.8) is 0 Å². The van der Waals surface area contributed by atoms with E-state index in [2.05, 4.69) is 16.0 Å². The standard InChI is InChI=1S/C17H12N4O/c18-10-11-2-1-3-13(8-11)16-14(17(19)22)9-15(21-16)12-4-6-20-7-5-12/h1-9,21H,(H2,19,22). The van der Waals surface area contributed by atoms with Crippen LogP contribution in [0.3, 0.4) is 0 Å². The number of nitrogens with two attached hydrogens (primary N) is 1. The number of carbonyl (C=O) groups is 1. The maximum Gasteiger partial charge on any atom is 0.250 e. The van der Waals surface area contributed by atoms with E-state index in [1.807, 2.05) is 18.2 Å². The number of rotatable bonds is 3. The Hall–Kier alpha value is -3.39. The van der Waals surface area contributed by atoms with Crippen molar-refractivity contribution in [2.45, 2.75) is 0 Å². The van der Waals surface area contributed by atoms with E-state index in [0.29, 0.717) is 16.8 Å². The third-order valence-electron chi connectivity index (χ3n) is 3.35. The van der Waals surface area contributed by atoms with Gasteiger partial charge >= 0.3 is 0 Å². The lowest BCUT2D eigenvalue weighted by Gasteiger charge is -2.02. The van der Waals surface area contributed by atoms with Crippen molar-refractivity contribution in [1.29, 1.82) is 5.26 Å². The fourth-order valence-corrected chi connectivity index (χ4v) is 2.31. The fraction of sp³-hybridized carbons (Fsp3) is 0. The molecule has 2 aromatic heterocycles. The van der Waals surface area contributed by atoms with E-state index in [9.17, 15) is 4.79 Å². The monoisotopic (exact) mass is 288 g/mol. The van der Waals surface area contributed by atoms with Gasteiger partial charge in [-0.05, 0) is 30.3 Å². The molecule has 1 aromatic carbocycles. The Kier molecular flexibility index (Phi) is 3.42. The lowest BCUT2D eigenvalue weighted by Crippen LogP contribution is -2.11. The third-order valence-corrected chi connectivity index (χ3v) is 3.35. The predicted molar refractivity (Wildman–Crippen MR) is 82.7 cm³/mol. The molecule has 22 heavy (non-hydrogen) atoms. The summed E-state index contributed by atoms with van der Waals surface area (Å²) in [4.78, 5) is 18.9. The first-order valence-corrected chi connectivity index (χ1v) is 6.63. The molecule has 0 fully saturated rings. The maximum atomic E-state index is 11.7. The van der Waals surface area contributed by atoms with Crippen LogP contribution in [0.5, 0.6) is 0 Å². The molecule has 0 aliphatic carbocycles. The lowest BCUT2D eigenvalue weighted by molar-refractivity contribution is 0.100. The van der Waals surface area contributed by atoms with E-state index in [1.165, 1.54) is 0 Å². The number of aromatic nitrogens is 2. The van der Waals surface area contributed by atoms with Gasteiger partial charge in [-0.15, -0.1) is 0 Å². The van der Waals surface area contributed by atoms with Gasteiger partial charge in [-0.1, -0.05) is 12.1 Å². The number of hydrogen-bond donors (Lipinski definition) is 2. The van der Waals surface area contributed by atoms with E-state index in [0.717, 1.165) is 16.8 Å². The quantitative estimate of drug-likeness (QED) is 0.775. The van der Waals surface area contributed by atoms with Gasteiger partial charge in [0.05, 0.1) is 22.9 Å². The van der Waals surface area contributed by atoms with Crippen molar-refractivity contribution < 1.29 is 4.79 Å². The van der Waals surface area contributed by atoms with E-state index in [4.69, 9.17) is 11.0 Å². The van der Waals surface area contributed by atoms with E-state index in [1.54, 1.807) is 36.7 Å². The number of primary amides is 1. The summed E-state index contributed by atoms with van der Waals surface area (Å²) in [5.41, 5.74) is 9.42. The highest BCUT2D eigenvalue weighted by molar-refractivity contribution is 6.00. The van der Waals surface area contributed by atoms with Crippen LogP contribution in [0.1, 0.15) is 15.9 Å². The number of benzene rings is 1. The van der Waals surface area contributed by atoms with Gasteiger partial charge in [0.25, 0.3) is 5.91 Å². The number of nitrogens with zero attached hydrogens (tertiary/aromatic N) is 2. The predicted octanol–water partition coefficient (Wildman–Crippen LogP) is 2.71. The second-order valence-electron chi connectivity index (χ2n) is 4.76. The normalized spacial score (nSPS) is 10.1. The first-order valence-electron chi connectivity index (χ1n) is 6.63. The van der Waals surface area contributed by atoms with Gasteiger partial charge in [-0.3, -0.25) is 9.78 Å². The van der Waals surface area contributed by atoms with Crippen molar-refractivity contribution in [2.75, 3.05) is 0 Å². The van der Waals surface area contributed by atoms with Gasteiger partial charge in [0.2, 0.25) is 0 Å². The highest BCUT2D eigenvalue weighted by Crippen LogP contribution is 2.29. The van der Waals surface area contributed by atoms with Crippen LogP contribution in [0.4, 0.5) is 0 Å². The summed E-state index contributed by atoms with van der Waals surface area (Å²) in [5, 5.41) is 9.01. The summed E-state index contributed by atoms with van der Waals surface area (Å²) in [6, 6.07) is 14.5. The fourth-order valence-electron chi connectivity index (χ4n) is 2.31. The summed E-state index contributed by atoms with van der Waals surface area (Å²) in [6.07, 6.45) is 3.35. The summed E-state index contributed by atoms with van der Waals surface area (Å²) < 4.78 is 0. The van der Waals surface area contributed by atoms with Crippen LogP contribution in [0, 0.1) is 11.3 Å². The second kappa shape index (κ2) is 5.54. The molecule has 106 valence electrons. The Morgan fingerprint density at radius 1 is 1.14 bits per heavy atom. The molecular weight excluding hydrogens is 276 g/mol. The topological polar surface area (TPSA) is 95.6 Å². The Morgan fingerprint density at radius 3 is 2.59 bits per heavy atom. The molecule has 1 amide bonds. The summed E-state index contributed by atoms with van der Waals surface area (Å²) in [6.45, 7) is 0. The van der Waals surface area contributed by atoms with Crippen LogP contribution in [-0.2, 0) is 0 Å². The molecule has 0 aliphatic rings. The average Bonchev–Trinajstić information content (AvgIpc) is 3.01. The van der Waals surface area contributed by atoms with Gasteiger partial charge in [-0.25, -0.2) is 0 Å². The molecule has 2 heterocycles. The Morgan fingerprint density at radius 2 is 1.91 bits per heavy atom. The number of nitriles is 1. The van der Waals surface area contributed by atoms with Crippen LogP contribution in [0.15, 0.2) is 54.9 Å². The number of pyridine rings is 1. The largest absolute Gasteiger partial charge is 0.366 e. The summed E-state index contributed by atoms with van der Waals surface area (Å²) in [5.74, 6) is -0.520. The van der Waals surface area contributed by atoms with Crippen molar-refractivity contribution in [3.05, 3.63) is 66.0 Å². The maximum absolute atomic E-state index is 11.7. The number of hydrogen-bond acceptors (Lipinski definition) is 3. The minimum absolute atomic E-state index is 0.391. The van der Waals surface area contributed by atoms with Gasteiger partial charge in [0.15, 0.2) is 0 Å². The van der Waals surface area contributed by atoms with Gasteiger partial charge in [-0.2, -0.15) is 5.26 Å². The van der Waals surface area contributed by atoms with Crippen molar-refractivity contribution >= 4 is 5.91 Å². The molecule has 5 heteroatoms. The van der Waals surface area contributed by atoms with Crippen LogP contribution in [-0.4, -0.2) is 15.9 Å². The van der Waals surface area contributed by atoms with E-state index < -0.39 is 5.91 Å². The first-order chi connectivity index (χ1) is 10.7. The highest BCUT2D eigenvalue weighted by Gasteiger charge is 2.15. The molecule has 3 N–H and O–H groups in total. The SMILES string of the molecule is N#Cc1cccc(-c2[nH]c(-c3ccncc3)cc2C(N)=O)c1. The third kappa shape index (κ3) is 2.45. The molecule has 0 saturated heterocycles. The van der Waals surface area contributed by atoms with Crippen LogP contribution in [0.2, 0.25) is 0 Å². The van der Waals surface area contributed by atoms with Gasteiger partial charge in [0.1, 0.15) is 0 Å². The average molecular weight is 288 g/mol. The van der Waals surface area contributed by atoms with Gasteiger partial charge in [0, 0.05) is 29.2 Å². The van der Waals surface area contributed by atoms with E-state index >= 15 is 0 Å². The van der Waals surface area contributed by atoms with Crippen molar-refractivity contribution in [3.8, 4) is 28.6 Å². The summed E-state index contributed by atoms with van der Waals surface area (Å²) in [7, 11) is 0. The number of carbonyl (C=O) groups excluding carboxylic acids is 1. The molecule has 5 nitrogen and oxygen atoms in total. The Balaban J connectivity index is 2.16. The molecule has 0 bridgehead atoms. The second-order valence-corrected chi connectivity index (χ2v) is 4.76. The summed E-state index contributed by atoms with van der Waals surface area (Å²) >= 11 is 0. The molecule has 0 spiro atoms. The minimum atomic E-state index is -0.520. The van der Waals surface area contributed by atoms with Crippen molar-refractivity contribution in [1.82, 2.24) is 9.97 Å². The molecule has 0 unspecified atom stereocenters. The molecule has 0 saturated carbocycles. The molecule has 3 aromatic rings. The molecule has 3 rings (SSSR count). The molecule has 0 aliphatic heterocycles. The molecule has 0 radical (unpaired) electrons. The Labute approximate surface area is 127 Å².